The molecule has 3 amide bonds. The zero-order valence-electron chi connectivity index (χ0n) is 19.5. The summed E-state index contributed by atoms with van der Waals surface area (Å²) >= 11 is 0. The molecule has 0 unspecified atom stereocenters. The zero-order valence-corrected chi connectivity index (χ0v) is 19.5. The van der Waals surface area contributed by atoms with Crippen LogP contribution in [0.5, 0.6) is 0 Å². The summed E-state index contributed by atoms with van der Waals surface area (Å²) in [7, 11) is 0. The van der Waals surface area contributed by atoms with Crippen LogP contribution in [-0.2, 0) is 16.1 Å². The van der Waals surface area contributed by atoms with E-state index in [2.05, 4.69) is 16.0 Å². The number of carbonyl (C=O) groups is 3. The third-order valence-corrected chi connectivity index (χ3v) is 5.34. The average molecular weight is 495 g/mol. The molecule has 9 nitrogen and oxygen atoms in total. The largest absolute Gasteiger partial charge is 0.391 e. The van der Waals surface area contributed by atoms with Crippen LogP contribution in [0.1, 0.15) is 22.8 Å². The van der Waals surface area contributed by atoms with Crippen LogP contribution in [0.15, 0.2) is 72.8 Å². The molecule has 188 valence electrons. The summed E-state index contributed by atoms with van der Waals surface area (Å²) in [6.07, 6.45) is -1.20. The van der Waals surface area contributed by atoms with E-state index in [9.17, 15) is 23.9 Å². The van der Waals surface area contributed by atoms with Gasteiger partial charge in [0.1, 0.15) is 11.9 Å². The Kier molecular flexibility index (Phi) is 9.23. The van der Waals surface area contributed by atoms with Crippen molar-refractivity contribution in [3.05, 3.63) is 89.7 Å². The van der Waals surface area contributed by atoms with E-state index in [0.717, 1.165) is 16.7 Å². The van der Waals surface area contributed by atoms with Gasteiger partial charge in [-0.3, -0.25) is 19.6 Å². The first-order chi connectivity index (χ1) is 17.3. The maximum atomic E-state index is 12.9. The molecule has 2 atom stereocenters. The lowest BCUT2D eigenvalue weighted by Gasteiger charge is -2.19. The van der Waals surface area contributed by atoms with Crippen LogP contribution in [0.2, 0.25) is 0 Å². The quantitative estimate of drug-likeness (QED) is 0.189. The number of nitrogens with one attached hydrogen (secondary N) is 4. The molecule has 0 spiro atoms. The van der Waals surface area contributed by atoms with Crippen molar-refractivity contribution >= 4 is 23.4 Å². The summed E-state index contributed by atoms with van der Waals surface area (Å²) in [4.78, 5) is 36.2. The first-order valence-corrected chi connectivity index (χ1v) is 11.1. The van der Waals surface area contributed by atoms with E-state index in [1.807, 2.05) is 12.1 Å². The number of rotatable bonds is 10. The van der Waals surface area contributed by atoms with E-state index in [1.165, 1.54) is 24.5 Å². The number of benzene rings is 3. The van der Waals surface area contributed by atoms with Gasteiger partial charge in [-0.2, -0.15) is 0 Å². The van der Waals surface area contributed by atoms with E-state index in [0.29, 0.717) is 12.2 Å². The van der Waals surface area contributed by atoms with Crippen molar-refractivity contribution in [1.82, 2.24) is 16.1 Å². The maximum absolute atomic E-state index is 12.9. The second-order valence-electron chi connectivity index (χ2n) is 8.10. The van der Waals surface area contributed by atoms with Crippen LogP contribution >= 0.6 is 0 Å². The normalized spacial score (nSPS) is 12.3. The van der Waals surface area contributed by atoms with Gasteiger partial charge >= 0.3 is 0 Å². The minimum Gasteiger partial charge on any atom is -0.391 e. The highest BCUT2D eigenvalue weighted by Gasteiger charge is 2.25. The molecule has 0 saturated carbocycles. The van der Waals surface area contributed by atoms with Gasteiger partial charge in [-0.15, -0.1) is 0 Å². The van der Waals surface area contributed by atoms with Crippen molar-refractivity contribution in [1.29, 1.82) is 0 Å². The number of hydrogen-bond acceptors (Lipinski definition) is 6. The number of aliphatic hydroxyl groups is 1. The first kappa shape index (κ1) is 26.5. The molecule has 0 aromatic heterocycles. The monoisotopic (exact) mass is 494 g/mol. The molecule has 0 aliphatic carbocycles. The van der Waals surface area contributed by atoms with E-state index < -0.39 is 24.0 Å². The maximum Gasteiger partial charge on any atom is 0.268 e. The SMILES string of the molecule is C[C@@H](O)[C@H](NC(=O)c1ccc(-c2ccc(NC(=O)CNCc3ccc(F)cc3)cc2)cc1)C(=O)NO. The van der Waals surface area contributed by atoms with Gasteiger partial charge in [0.05, 0.1) is 12.6 Å². The summed E-state index contributed by atoms with van der Waals surface area (Å²) in [6.45, 7) is 1.85. The molecule has 0 heterocycles. The van der Waals surface area contributed by atoms with Gasteiger partial charge in [0.25, 0.3) is 11.8 Å². The molecule has 0 aliphatic rings. The van der Waals surface area contributed by atoms with Gasteiger partial charge < -0.3 is 21.1 Å². The van der Waals surface area contributed by atoms with E-state index in [1.54, 1.807) is 48.5 Å². The second kappa shape index (κ2) is 12.5. The number of aliphatic hydroxyl groups excluding tert-OH is 1. The molecule has 0 radical (unpaired) electrons. The Morgan fingerprint density at radius 2 is 1.47 bits per heavy atom. The fourth-order valence-corrected chi connectivity index (χ4v) is 3.39. The van der Waals surface area contributed by atoms with Gasteiger partial charge in [-0.1, -0.05) is 36.4 Å². The van der Waals surface area contributed by atoms with Crippen molar-refractivity contribution in [2.75, 3.05) is 11.9 Å². The predicted octanol–water partition coefficient (Wildman–Crippen LogP) is 2.21. The van der Waals surface area contributed by atoms with Gasteiger partial charge in [-0.05, 0) is 60.0 Å². The minimum atomic E-state index is -1.30. The topological polar surface area (TPSA) is 140 Å². The minimum absolute atomic E-state index is 0.0958. The molecule has 6 N–H and O–H groups in total. The van der Waals surface area contributed by atoms with Gasteiger partial charge in [0, 0.05) is 17.8 Å². The lowest BCUT2D eigenvalue weighted by Crippen LogP contribution is -2.51. The Hall–Kier alpha value is -4.12. The Labute approximate surface area is 207 Å². The van der Waals surface area contributed by atoms with Crippen LogP contribution in [0.3, 0.4) is 0 Å². The van der Waals surface area contributed by atoms with Crippen LogP contribution in [0.4, 0.5) is 10.1 Å². The standard InChI is InChI=1S/C26H27FN4O5/c1-16(32)24(26(35)31-36)30-25(34)20-6-4-18(5-7-20)19-8-12-22(13-9-19)29-23(33)15-28-14-17-2-10-21(27)11-3-17/h2-13,16,24,28,32,36H,14-15H2,1H3,(H,29,33)(H,30,34)(H,31,35)/t16-,24+/m1/s1. The van der Waals surface area contributed by atoms with Crippen LogP contribution in [-0.4, -0.2) is 46.7 Å². The van der Waals surface area contributed by atoms with Crippen LogP contribution < -0.4 is 21.4 Å². The lowest BCUT2D eigenvalue weighted by atomic mass is 10.0. The molecule has 3 rings (SSSR count). The zero-order chi connectivity index (χ0) is 26.1. The molecule has 0 saturated heterocycles. The van der Waals surface area contributed by atoms with Crippen LogP contribution in [0.25, 0.3) is 11.1 Å². The van der Waals surface area contributed by atoms with Crippen molar-refractivity contribution in [2.24, 2.45) is 0 Å². The smallest absolute Gasteiger partial charge is 0.268 e. The van der Waals surface area contributed by atoms with Crippen molar-refractivity contribution in [2.45, 2.75) is 25.6 Å². The Morgan fingerprint density at radius 1 is 0.889 bits per heavy atom. The summed E-state index contributed by atoms with van der Waals surface area (Å²) < 4.78 is 12.9. The van der Waals surface area contributed by atoms with Gasteiger partial charge in [0.2, 0.25) is 5.91 Å². The number of hydroxylamine groups is 1. The summed E-state index contributed by atoms with van der Waals surface area (Å²) in [6, 6.07) is 18.5. The molecule has 36 heavy (non-hydrogen) atoms. The fourth-order valence-electron chi connectivity index (χ4n) is 3.39. The first-order valence-electron chi connectivity index (χ1n) is 11.1. The highest BCUT2D eigenvalue weighted by atomic mass is 19.1. The second-order valence-corrected chi connectivity index (χ2v) is 8.10. The third kappa shape index (κ3) is 7.44. The number of amides is 3. The molecule has 0 aliphatic heterocycles. The van der Waals surface area contributed by atoms with Crippen molar-refractivity contribution < 1.29 is 29.1 Å². The number of anilines is 1. The number of carbonyl (C=O) groups excluding carboxylic acids is 3. The molecular formula is C26H27FN4O5. The summed E-state index contributed by atoms with van der Waals surface area (Å²) in [5.74, 6) is -2.03. The molecule has 10 heteroatoms. The van der Waals surface area contributed by atoms with Gasteiger partial charge in [-0.25, -0.2) is 9.87 Å². The summed E-state index contributed by atoms with van der Waals surface area (Å²) in [5.41, 5.74) is 4.86. The van der Waals surface area contributed by atoms with E-state index >= 15 is 0 Å². The Bertz CT molecular complexity index is 1180. The number of halogens is 1. The lowest BCUT2D eigenvalue weighted by molar-refractivity contribution is -0.133. The summed E-state index contributed by atoms with van der Waals surface area (Å²) in [5, 5.41) is 26.6. The van der Waals surface area contributed by atoms with E-state index in [4.69, 9.17) is 5.21 Å². The number of hydrogen-bond donors (Lipinski definition) is 6. The molecule has 3 aromatic carbocycles. The Morgan fingerprint density at radius 3 is 2.03 bits per heavy atom. The van der Waals surface area contributed by atoms with Gasteiger partial charge in [0.15, 0.2) is 0 Å². The average Bonchev–Trinajstić information content (AvgIpc) is 2.88. The third-order valence-electron chi connectivity index (χ3n) is 5.34. The molecule has 0 bridgehead atoms. The molecular weight excluding hydrogens is 467 g/mol. The van der Waals surface area contributed by atoms with Crippen molar-refractivity contribution in [3.63, 3.8) is 0 Å². The molecule has 3 aromatic rings. The predicted molar refractivity (Wildman–Crippen MR) is 131 cm³/mol. The molecule has 0 fully saturated rings. The van der Waals surface area contributed by atoms with E-state index in [-0.39, 0.29) is 23.8 Å². The van der Waals surface area contributed by atoms with Crippen molar-refractivity contribution in [3.8, 4) is 11.1 Å². The fraction of sp³-hybridized carbons (Fsp3) is 0.192. The highest BCUT2D eigenvalue weighted by molar-refractivity contribution is 5.98. The van der Waals surface area contributed by atoms with Crippen LogP contribution in [0, 0.1) is 5.82 Å². The Balaban J connectivity index is 1.52. The highest BCUT2D eigenvalue weighted by Crippen LogP contribution is 2.22.